The summed E-state index contributed by atoms with van der Waals surface area (Å²) in [6, 6.07) is 12.6. The number of nitrogens with zero attached hydrogens (tertiary/aromatic N) is 2. The molecule has 0 aliphatic carbocycles. The molecule has 0 unspecified atom stereocenters. The molecule has 2 aromatic carbocycles. The Morgan fingerprint density at radius 1 is 1.13 bits per heavy atom. The lowest BCUT2D eigenvalue weighted by molar-refractivity contribution is -0.122. The molecule has 3 rings (SSSR count). The number of carbonyl (C=O) groups excluding carboxylic acids is 1. The molecule has 0 saturated carbocycles. The zero-order valence-corrected chi connectivity index (χ0v) is 25.2. The fourth-order valence-corrected chi connectivity index (χ4v) is 3.80. The number of aromatic nitrogens is 2. The lowest BCUT2D eigenvalue weighted by Crippen LogP contribution is -2.47. The maximum atomic E-state index is 11.4. The van der Waals surface area contributed by atoms with E-state index in [2.05, 4.69) is 20.6 Å². The van der Waals surface area contributed by atoms with E-state index in [1.807, 2.05) is 51.1 Å². The average molecular weight is 594 g/mol. The SMILES string of the molecule is C/C=C\c1ncnc(Nc2ccc(Oc3cccc(Cl)c3)c(Cl)c2)c1C.CCCNC(=O)C(C)(C)S(C)(=O)=O. The number of sulfone groups is 1. The van der Waals surface area contributed by atoms with E-state index in [0.717, 1.165) is 35.4 Å². The van der Waals surface area contributed by atoms with Gasteiger partial charge in [-0.2, -0.15) is 0 Å². The van der Waals surface area contributed by atoms with Crippen LogP contribution in [0.4, 0.5) is 11.5 Å². The third-order valence-corrected chi connectivity index (χ3v) is 8.25. The van der Waals surface area contributed by atoms with Gasteiger partial charge in [0.05, 0.1) is 10.7 Å². The Morgan fingerprint density at radius 2 is 1.85 bits per heavy atom. The number of amides is 1. The highest BCUT2D eigenvalue weighted by atomic mass is 35.5. The van der Waals surface area contributed by atoms with Gasteiger partial charge in [0.25, 0.3) is 0 Å². The molecule has 0 fully saturated rings. The Balaban J connectivity index is 0.000000349. The Morgan fingerprint density at radius 3 is 2.44 bits per heavy atom. The van der Waals surface area contributed by atoms with Crippen LogP contribution in [0.25, 0.3) is 6.08 Å². The van der Waals surface area contributed by atoms with Crippen LogP contribution in [0.3, 0.4) is 0 Å². The van der Waals surface area contributed by atoms with Crippen LogP contribution >= 0.6 is 23.2 Å². The second kappa shape index (κ2) is 14.3. The summed E-state index contributed by atoms with van der Waals surface area (Å²) in [4.78, 5) is 19.9. The van der Waals surface area contributed by atoms with Gasteiger partial charge in [0.1, 0.15) is 28.4 Å². The van der Waals surface area contributed by atoms with E-state index < -0.39 is 20.5 Å². The molecule has 210 valence electrons. The van der Waals surface area contributed by atoms with Crippen LogP contribution in [-0.2, 0) is 14.6 Å². The van der Waals surface area contributed by atoms with Gasteiger partial charge in [-0.25, -0.2) is 18.4 Å². The van der Waals surface area contributed by atoms with Crippen LogP contribution in [0, 0.1) is 6.92 Å². The summed E-state index contributed by atoms with van der Waals surface area (Å²) in [6.07, 6.45) is 7.28. The van der Waals surface area contributed by atoms with Crippen LogP contribution in [-0.4, -0.2) is 41.8 Å². The first-order valence-corrected chi connectivity index (χ1v) is 14.9. The predicted octanol–water partition coefficient (Wildman–Crippen LogP) is 7.00. The van der Waals surface area contributed by atoms with Crippen LogP contribution in [0.5, 0.6) is 11.5 Å². The number of anilines is 2. The van der Waals surface area contributed by atoms with Gasteiger partial charge in [-0.3, -0.25) is 4.79 Å². The minimum absolute atomic E-state index is 0.433. The number of nitrogens with one attached hydrogen (secondary N) is 2. The van der Waals surface area contributed by atoms with E-state index in [1.165, 1.54) is 20.2 Å². The van der Waals surface area contributed by atoms with Crippen LogP contribution in [0.1, 0.15) is 45.4 Å². The molecule has 1 aromatic heterocycles. The lowest BCUT2D eigenvalue weighted by Gasteiger charge is -2.21. The summed E-state index contributed by atoms with van der Waals surface area (Å²) in [6.45, 7) is 9.16. The summed E-state index contributed by atoms with van der Waals surface area (Å²) >= 11 is 12.3. The predicted molar refractivity (Wildman–Crippen MR) is 160 cm³/mol. The Hall–Kier alpha value is -3.14. The fourth-order valence-electron chi connectivity index (χ4n) is 2.99. The summed E-state index contributed by atoms with van der Waals surface area (Å²) in [5.41, 5.74) is 2.64. The summed E-state index contributed by atoms with van der Waals surface area (Å²) < 4.78 is 26.9. The van der Waals surface area contributed by atoms with Gasteiger partial charge in [-0.15, -0.1) is 0 Å². The van der Waals surface area contributed by atoms with E-state index in [9.17, 15) is 13.2 Å². The van der Waals surface area contributed by atoms with Crippen molar-refractivity contribution in [3.05, 3.63) is 76.2 Å². The molecule has 0 saturated heterocycles. The molecular weight excluding hydrogens is 559 g/mol. The number of ether oxygens (including phenoxy) is 1. The largest absolute Gasteiger partial charge is 0.456 e. The van der Waals surface area contributed by atoms with Gasteiger partial charge in [-0.1, -0.05) is 42.3 Å². The fraction of sp³-hybridized carbons (Fsp3) is 0.321. The molecule has 0 bridgehead atoms. The second-order valence-corrected chi connectivity index (χ2v) is 12.5. The van der Waals surface area contributed by atoms with Gasteiger partial charge in [0.15, 0.2) is 9.84 Å². The zero-order chi connectivity index (χ0) is 29.2. The molecule has 39 heavy (non-hydrogen) atoms. The van der Waals surface area contributed by atoms with Crippen LogP contribution in [0.2, 0.25) is 10.0 Å². The van der Waals surface area contributed by atoms with Crippen molar-refractivity contribution in [2.24, 2.45) is 0 Å². The van der Waals surface area contributed by atoms with Crippen molar-refractivity contribution in [3.63, 3.8) is 0 Å². The first-order valence-electron chi connectivity index (χ1n) is 12.2. The highest BCUT2D eigenvalue weighted by molar-refractivity contribution is 7.92. The van der Waals surface area contributed by atoms with E-state index in [4.69, 9.17) is 27.9 Å². The molecule has 0 aliphatic rings. The van der Waals surface area contributed by atoms with Gasteiger partial charge < -0.3 is 15.4 Å². The Bertz CT molecular complexity index is 1430. The molecule has 2 N–H and O–H groups in total. The minimum Gasteiger partial charge on any atom is -0.456 e. The number of hydrogen-bond donors (Lipinski definition) is 2. The van der Waals surface area contributed by atoms with E-state index in [0.29, 0.717) is 28.1 Å². The molecule has 0 spiro atoms. The maximum Gasteiger partial charge on any atom is 0.240 e. The molecule has 0 aliphatic heterocycles. The lowest BCUT2D eigenvalue weighted by atomic mass is 10.2. The van der Waals surface area contributed by atoms with Crippen molar-refractivity contribution < 1.29 is 17.9 Å². The van der Waals surface area contributed by atoms with Crippen molar-refractivity contribution >= 4 is 56.5 Å². The number of carbonyl (C=O) groups is 1. The standard InChI is InChI=1S/C20H17Cl2N3O.C8H17NO3S/c1-3-5-18-13(2)20(24-12-23-18)25-15-8-9-19(17(22)11-15)26-16-7-4-6-14(21)10-16;1-5-6-9-7(10)8(2,3)13(4,11)12/h3-12H,1-2H3,(H,23,24,25);5-6H2,1-4H3,(H,9,10)/b5-3-;. The third-order valence-electron chi connectivity index (χ3n) is 5.68. The normalized spacial score (nSPS) is 11.5. The first-order chi connectivity index (χ1) is 18.3. The van der Waals surface area contributed by atoms with Crippen molar-refractivity contribution in [1.29, 1.82) is 0 Å². The molecule has 11 heteroatoms. The van der Waals surface area contributed by atoms with Crippen molar-refractivity contribution in [1.82, 2.24) is 15.3 Å². The molecule has 3 aromatic rings. The monoisotopic (exact) mass is 592 g/mol. The summed E-state index contributed by atoms with van der Waals surface area (Å²) in [7, 11) is -3.34. The molecule has 1 amide bonds. The quantitative estimate of drug-likeness (QED) is 0.275. The second-order valence-electron chi connectivity index (χ2n) is 9.10. The van der Waals surface area contributed by atoms with Crippen LogP contribution in [0.15, 0.2) is 54.9 Å². The first kappa shape index (κ1) is 32.1. The van der Waals surface area contributed by atoms with Gasteiger partial charge >= 0.3 is 0 Å². The van der Waals surface area contributed by atoms with Crippen molar-refractivity contribution in [2.75, 3.05) is 18.1 Å². The highest BCUT2D eigenvalue weighted by Crippen LogP contribution is 2.33. The average Bonchev–Trinajstić information content (AvgIpc) is 2.86. The van der Waals surface area contributed by atoms with Crippen LogP contribution < -0.4 is 15.4 Å². The number of halogens is 2. The smallest absolute Gasteiger partial charge is 0.240 e. The number of hydrogen-bond acceptors (Lipinski definition) is 7. The zero-order valence-electron chi connectivity index (χ0n) is 22.9. The van der Waals surface area contributed by atoms with E-state index in [1.54, 1.807) is 24.3 Å². The minimum atomic E-state index is -3.34. The van der Waals surface area contributed by atoms with Gasteiger partial charge in [0, 0.05) is 29.1 Å². The third kappa shape index (κ3) is 9.23. The molecule has 0 atom stereocenters. The summed E-state index contributed by atoms with van der Waals surface area (Å²) in [5.74, 6) is 1.47. The number of rotatable bonds is 9. The Kier molecular flexibility index (Phi) is 11.8. The van der Waals surface area contributed by atoms with Gasteiger partial charge in [0.2, 0.25) is 5.91 Å². The Labute approximate surface area is 240 Å². The maximum absolute atomic E-state index is 11.4. The number of benzene rings is 2. The molecule has 1 heterocycles. The highest BCUT2D eigenvalue weighted by Gasteiger charge is 2.37. The molecular formula is C28H34Cl2N4O4S. The van der Waals surface area contributed by atoms with E-state index in [-0.39, 0.29) is 0 Å². The molecule has 8 nitrogen and oxygen atoms in total. The summed E-state index contributed by atoms with van der Waals surface area (Å²) in [5, 5.41) is 6.91. The van der Waals surface area contributed by atoms with E-state index >= 15 is 0 Å². The molecule has 0 radical (unpaired) electrons. The van der Waals surface area contributed by atoms with Gasteiger partial charge in [-0.05, 0) is 76.6 Å². The van der Waals surface area contributed by atoms with Crippen molar-refractivity contribution in [2.45, 2.75) is 45.8 Å². The van der Waals surface area contributed by atoms with Crippen molar-refractivity contribution in [3.8, 4) is 11.5 Å². The topological polar surface area (TPSA) is 110 Å². The number of allylic oxidation sites excluding steroid dienone is 1.